The number of hydrogen-bond acceptors (Lipinski definition) is 3. The number of urea groups is 1. The number of carbonyl (C=O) groups excluding carboxylic acids is 3. The lowest BCUT2D eigenvalue weighted by atomic mass is 9.91. The SMILES string of the molecule is CC(C)CCC[C@H](C)NC(=O)CN1C(=O)N[C@](C)(c2cc(F)ccc2F)C1=O. The molecule has 4 amide bonds. The Morgan fingerprint density at radius 1 is 1.21 bits per heavy atom. The molecule has 6 nitrogen and oxygen atoms in total. The van der Waals surface area contributed by atoms with Gasteiger partial charge in [0.15, 0.2) is 0 Å². The van der Waals surface area contributed by atoms with Gasteiger partial charge >= 0.3 is 6.03 Å². The number of hydrogen-bond donors (Lipinski definition) is 2. The molecule has 0 bridgehead atoms. The highest BCUT2D eigenvalue weighted by atomic mass is 19.1. The Labute approximate surface area is 163 Å². The van der Waals surface area contributed by atoms with Crippen LogP contribution in [0, 0.1) is 17.6 Å². The zero-order valence-electron chi connectivity index (χ0n) is 16.6. The summed E-state index contributed by atoms with van der Waals surface area (Å²) in [6.07, 6.45) is 2.79. The molecule has 0 saturated carbocycles. The number of halogens is 2. The van der Waals surface area contributed by atoms with E-state index in [4.69, 9.17) is 0 Å². The van der Waals surface area contributed by atoms with Gasteiger partial charge in [-0.25, -0.2) is 13.6 Å². The summed E-state index contributed by atoms with van der Waals surface area (Å²) in [5.41, 5.74) is -2.05. The zero-order chi connectivity index (χ0) is 21.1. The molecule has 0 unspecified atom stereocenters. The third-order valence-electron chi connectivity index (χ3n) is 4.87. The van der Waals surface area contributed by atoms with Crippen LogP contribution in [0.3, 0.4) is 0 Å². The van der Waals surface area contributed by atoms with Crippen LogP contribution < -0.4 is 10.6 Å². The number of carbonyl (C=O) groups is 3. The van der Waals surface area contributed by atoms with Gasteiger partial charge in [-0.15, -0.1) is 0 Å². The van der Waals surface area contributed by atoms with E-state index in [2.05, 4.69) is 24.5 Å². The van der Waals surface area contributed by atoms with Gasteiger partial charge in [0.2, 0.25) is 5.91 Å². The van der Waals surface area contributed by atoms with Gasteiger partial charge in [0, 0.05) is 11.6 Å². The molecule has 0 radical (unpaired) electrons. The Balaban J connectivity index is 2.03. The van der Waals surface area contributed by atoms with E-state index in [-0.39, 0.29) is 11.6 Å². The average molecular weight is 395 g/mol. The maximum Gasteiger partial charge on any atom is 0.325 e. The summed E-state index contributed by atoms with van der Waals surface area (Å²) in [5.74, 6) is -2.25. The van der Waals surface area contributed by atoms with E-state index in [0.717, 1.165) is 42.4 Å². The van der Waals surface area contributed by atoms with Gasteiger partial charge in [0.25, 0.3) is 5.91 Å². The molecule has 1 heterocycles. The van der Waals surface area contributed by atoms with Crippen LogP contribution in [0.4, 0.5) is 13.6 Å². The minimum Gasteiger partial charge on any atom is -0.352 e. The predicted molar refractivity (Wildman–Crippen MR) is 100 cm³/mol. The molecule has 1 aliphatic heterocycles. The molecule has 8 heteroatoms. The van der Waals surface area contributed by atoms with Gasteiger partial charge in [0.1, 0.15) is 23.7 Å². The molecule has 1 aromatic rings. The van der Waals surface area contributed by atoms with Crippen molar-refractivity contribution in [1.29, 1.82) is 0 Å². The lowest BCUT2D eigenvalue weighted by Crippen LogP contribution is -2.45. The molecule has 28 heavy (non-hydrogen) atoms. The fourth-order valence-electron chi connectivity index (χ4n) is 3.27. The second-order valence-corrected chi connectivity index (χ2v) is 7.86. The summed E-state index contributed by atoms with van der Waals surface area (Å²) < 4.78 is 27.7. The Kier molecular flexibility index (Phi) is 6.74. The van der Waals surface area contributed by atoms with Crippen molar-refractivity contribution in [3.63, 3.8) is 0 Å². The van der Waals surface area contributed by atoms with Gasteiger partial charge in [-0.3, -0.25) is 14.5 Å². The van der Waals surface area contributed by atoms with Crippen LogP contribution in [0.15, 0.2) is 18.2 Å². The normalized spacial score (nSPS) is 20.5. The third kappa shape index (κ3) is 4.85. The van der Waals surface area contributed by atoms with Crippen molar-refractivity contribution in [3.05, 3.63) is 35.4 Å². The minimum absolute atomic E-state index is 0.0981. The van der Waals surface area contributed by atoms with E-state index in [1.54, 1.807) is 0 Å². The average Bonchev–Trinajstić information content (AvgIpc) is 2.80. The minimum atomic E-state index is -1.77. The van der Waals surface area contributed by atoms with Gasteiger partial charge in [-0.2, -0.15) is 0 Å². The van der Waals surface area contributed by atoms with Crippen LogP contribution in [0.1, 0.15) is 52.5 Å². The van der Waals surface area contributed by atoms with Gasteiger partial charge in [-0.1, -0.05) is 26.7 Å². The fraction of sp³-hybridized carbons (Fsp3) is 0.550. The first-order valence-electron chi connectivity index (χ1n) is 9.43. The molecule has 2 rings (SSSR count). The van der Waals surface area contributed by atoms with Crippen LogP contribution >= 0.6 is 0 Å². The van der Waals surface area contributed by atoms with Gasteiger partial charge in [0.05, 0.1) is 0 Å². The molecule has 1 saturated heterocycles. The first kappa shape index (κ1) is 21.8. The number of amides is 4. The van der Waals surface area contributed by atoms with E-state index in [9.17, 15) is 23.2 Å². The Morgan fingerprint density at radius 3 is 2.54 bits per heavy atom. The van der Waals surface area contributed by atoms with Crippen molar-refractivity contribution in [2.75, 3.05) is 6.54 Å². The molecule has 1 aromatic carbocycles. The van der Waals surface area contributed by atoms with Crippen LogP contribution in [-0.4, -0.2) is 35.3 Å². The predicted octanol–water partition coefficient (Wildman–Crippen LogP) is 3.06. The number of benzene rings is 1. The molecular formula is C20H27F2N3O3. The topological polar surface area (TPSA) is 78.5 Å². The molecule has 0 aromatic heterocycles. The Morgan fingerprint density at radius 2 is 1.89 bits per heavy atom. The van der Waals surface area contributed by atoms with Crippen LogP contribution in [0.5, 0.6) is 0 Å². The van der Waals surface area contributed by atoms with E-state index >= 15 is 0 Å². The highest BCUT2D eigenvalue weighted by Crippen LogP contribution is 2.31. The molecule has 0 spiro atoms. The summed E-state index contributed by atoms with van der Waals surface area (Å²) >= 11 is 0. The van der Waals surface area contributed by atoms with E-state index in [1.807, 2.05) is 6.92 Å². The Bertz CT molecular complexity index is 769. The molecule has 0 aliphatic carbocycles. The maximum atomic E-state index is 14.1. The smallest absolute Gasteiger partial charge is 0.325 e. The second-order valence-electron chi connectivity index (χ2n) is 7.86. The summed E-state index contributed by atoms with van der Waals surface area (Å²) in [6.45, 7) is 6.91. The van der Waals surface area contributed by atoms with Crippen molar-refractivity contribution in [3.8, 4) is 0 Å². The van der Waals surface area contributed by atoms with E-state index < -0.39 is 41.6 Å². The molecule has 2 atom stereocenters. The highest BCUT2D eigenvalue weighted by Gasteiger charge is 2.50. The van der Waals surface area contributed by atoms with Crippen molar-refractivity contribution in [2.45, 2.75) is 58.5 Å². The van der Waals surface area contributed by atoms with Crippen LogP contribution in [0.2, 0.25) is 0 Å². The fourth-order valence-corrected chi connectivity index (χ4v) is 3.27. The number of imide groups is 1. The van der Waals surface area contributed by atoms with Crippen LogP contribution in [0.25, 0.3) is 0 Å². The molecule has 154 valence electrons. The van der Waals surface area contributed by atoms with Crippen molar-refractivity contribution >= 4 is 17.8 Å². The highest BCUT2D eigenvalue weighted by molar-refractivity contribution is 6.09. The van der Waals surface area contributed by atoms with Gasteiger partial charge in [-0.05, 0) is 44.4 Å². The lowest BCUT2D eigenvalue weighted by molar-refractivity contribution is -0.135. The second kappa shape index (κ2) is 8.67. The van der Waals surface area contributed by atoms with Crippen molar-refractivity contribution < 1.29 is 23.2 Å². The third-order valence-corrected chi connectivity index (χ3v) is 4.87. The molecular weight excluding hydrogens is 368 g/mol. The van der Waals surface area contributed by atoms with Crippen molar-refractivity contribution in [2.24, 2.45) is 5.92 Å². The van der Waals surface area contributed by atoms with Gasteiger partial charge < -0.3 is 10.6 Å². The largest absolute Gasteiger partial charge is 0.352 e. The van der Waals surface area contributed by atoms with E-state index in [1.165, 1.54) is 6.92 Å². The number of nitrogens with one attached hydrogen (secondary N) is 2. The summed E-state index contributed by atoms with van der Waals surface area (Å²) in [7, 11) is 0. The van der Waals surface area contributed by atoms with Crippen LogP contribution in [-0.2, 0) is 15.1 Å². The lowest BCUT2D eigenvalue weighted by Gasteiger charge is -2.23. The summed E-state index contributed by atoms with van der Waals surface area (Å²) in [4.78, 5) is 37.9. The molecule has 1 aliphatic rings. The Hall–Kier alpha value is -2.51. The summed E-state index contributed by atoms with van der Waals surface area (Å²) in [6, 6.07) is 1.77. The first-order valence-corrected chi connectivity index (χ1v) is 9.43. The molecule has 1 fully saturated rings. The molecule has 2 N–H and O–H groups in total. The number of nitrogens with zero attached hydrogens (tertiary/aromatic N) is 1. The maximum absolute atomic E-state index is 14.1. The van der Waals surface area contributed by atoms with Crippen molar-refractivity contribution in [1.82, 2.24) is 15.5 Å². The monoisotopic (exact) mass is 395 g/mol. The quantitative estimate of drug-likeness (QED) is 0.664. The first-order chi connectivity index (χ1) is 13.0. The summed E-state index contributed by atoms with van der Waals surface area (Å²) in [5, 5.41) is 5.13. The van der Waals surface area contributed by atoms with E-state index in [0.29, 0.717) is 5.92 Å². The standard InChI is InChI=1S/C20H27F2N3O3/c1-12(2)6-5-7-13(3)23-17(26)11-25-18(27)20(4,24-19(25)28)15-10-14(21)8-9-16(15)22/h8-10,12-13H,5-7,11H2,1-4H3,(H,23,26)(H,24,28)/t13-,20+/m0/s1. The number of rotatable bonds is 8. The zero-order valence-corrected chi connectivity index (χ0v) is 16.6.